The SMILES string of the molecule is COc1ccc2cc([C@H](C)C(=O)N3CCc4c([nH]c5ccccc45)[C@@H]3C)ccc2c1. The molecule has 0 spiro atoms. The van der Waals surface area contributed by atoms with E-state index in [1.165, 1.54) is 16.6 Å². The minimum absolute atomic E-state index is 0.0424. The van der Waals surface area contributed by atoms with Gasteiger partial charge in [-0.2, -0.15) is 0 Å². The molecule has 5 rings (SSSR count). The topological polar surface area (TPSA) is 45.3 Å². The normalized spacial score (nSPS) is 17.2. The van der Waals surface area contributed by atoms with E-state index in [9.17, 15) is 4.79 Å². The maximum Gasteiger partial charge on any atom is 0.230 e. The van der Waals surface area contributed by atoms with E-state index in [2.05, 4.69) is 60.4 Å². The number of methoxy groups -OCH3 is 1. The van der Waals surface area contributed by atoms with Gasteiger partial charge in [0.2, 0.25) is 5.91 Å². The summed E-state index contributed by atoms with van der Waals surface area (Å²) in [5.74, 6) is 0.834. The molecule has 0 fully saturated rings. The summed E-state index contributed by atoms with van der Waals surface area (Å²) in [6, 6.07) is 20.8. The molecule has 1 N–H and O–H groups in total. The lowest BCUT2D eigenvalue weighted by atomic mass is 9.93. The second kappa shape index (κ2) is 7.21. The summed E-state index contributed by atoms with van der Waals surface area (Å²) in [4.78, 5) is 19.0. The summed E-state index contributed by atoms with van der Waals surface area (Å²) in [5.41, 5.74) is 4.73. The zero-order chi connectivity index (χ0) is 20.8. The largest absolute Gasteiger partial charge is 0.497 e. The van der Waals surface area contributed by atoms with Gasteiger partial charge in [-0.1, -0.05) is 42.5 Å². The van der Waals surface area contributed by atoms with Crippen molar-refractivity contribution in [3.05, 3.63) is 77.5 Å². The Labute approximate surface area is 176 Å². The third kappa shape index (κ3) is 2.95. The molecule has 0 saturated heterocycles. The molecular weight excluding hydrogens is 372 g/mol. The van der Waals surface area contributed by atoms with E-state index < -0.39 is 0 Å². The number of nitrogens with zero attached hydrogens (tertiary/aromatic N) is 1. The van der Waals surface area contributed by atoms with E-state index in [-0.39, 0.29) is 17.9 Å². The van der Waals surface area contributed by atoms with Gasteiger partial charge in [-0.15, -0.1) is 0 Å². The Bertz CT molecular complexity index is 1260. The van der Waals surface area contributed by atoms with Crippen LogP contribution >= 0.6 is 0 Å². The van der Waals surface area contributed by atoms with Crippen molar-refractivity contribution < 1.29 is 9.53 Å². The van der Waals surface area contributed by atoms with Crippen LogP contribution in [0.5, 0.6) is 5.75 Å². The van der Waals surface area contributed by atoms with Crippen molar-refractivity contribution in [2.45, 2.75) is 32.2 Å². The van der Waals surface area contributed by atoms with Crippen LogP contribution in [-0.4, -0.2) is 29.4 Å². The zero-order valence-corrected chi connectivity index (χ0v) is 17.6. The number of carbonyl (C=O) groups excluding carboxylic acids is 1. The quantitative estimate of drug-likeness (QED) is 0.490. The molecule has 0 radical (unpaired) electrons. The van der Waals surface area contributed by atoms with Gasteiger partial charge in [-0.3, -0.25) is 4.79 Å². The van der Waals surface area contributed by atoms with Crippen LogP contribution in [0.1, 0.15) is 42.6 Å². The minimum Gasteiger partial charge on any atom is -0.497 e. The van der Waals surface area contributed by atoms with Crippen molar-refractivity contribution in [2.24, 2.45) is 0 Å². The number of fused-ring (bicyclic) bond motifs is 4. The molecule has 1 aromatic heterocycles. The molecule has 152 valence electrons. The molecule has 3 aromatic carbocycles. The van der Waals surface area contributed by atoms with Crippen LogP contribution in [0.4, 0.5) is 0 Å². The van der Waals surface area contributed by atoms with E-state index in [0.29, 0.717) is 0 Å². The maximum atomic E-state index is 13.5. The number of amides is 1. The van der Waals surface area contributed by atoms with Crippen molar-refractivity contribution in [1.82, 2.24) is 9.88 Å². The lowest BCUT2D eigenvalue weighted by Crippen LogP contribution is -2.40. The average Bonchev–Trinajstić information content (AvgIpc) is 3.17. The number of hydrogen-bond acceptors (Lipinski definition) is 2. The first-order valence-electron chi connectivity index (χ1n) is 10.5. The molecule has 1 amide bonds. The Morgan fingerprint density at radius 1 is 1.10 bits per heavy atom. The van der Waals surface area contributed by atoms with Crippen LogP contribution in [0.25, 0.3) is 21.7 Å². The van der Waals surface area contributed by atoms with Crippen molar-refractivity contribution in [3.8, 4) is 5.75 Å². The van der Waals surface area contributed by atoms with E-state index in [4.69, 9.17) is 4.74 Å². The summed E-state index contributed by atoms with van der Waals surface area (Å²) in [6.07, 6.45) is 0.889. The molecule has 0 unspecified atom stereocenters. The first-order valence-corrected chi connectivity index (χ1v) is 10.5. The average molecular weight is 399 g/mol. The zero-order valence-electron chi connectivity index (χ0n) is 17.6. The summed E-state index contributed by atoms with van der Waals surface area (Å²) < 4.78 is 5.32. The fourth-order valence-electron chi connectivity index (χ4n) is 4.76. The van der Waals surface area contributed by atoms with Crippen molar-refractivity contribution >= 4 is 27.6 Å². The van der Waals surface area contributed by atoms with Crippen molar-refractivity contribution in [1.29, 1.82) is 0 Å². The Hall–Kier alpha value is -3.27. The minimum atomic E-state index is -0.190. The second-order valence-corrected chi connectivity index (χ2v) is 8.21. The number of aromatic nitrogens is 1. The van der Waals surface area contributed by atoms with E-state index in [1.807, 2.05) is 24.0 Å². The highest BCUT2D eigenvalue weighted by Gasteiger charge is 2.32. The number of benzene rings is 3. The Morgan fingerprint density at radius 3 is 2.70 bits per heavy atom. The molecule has 4 aromatic rings. The molecule has 0 aliphatic carbocycles. The smallest absolute Gasteiger partial charge is 0.230 e. The van der Waals surface area contributed by atoms with E-state index in [0.717, 1.165) is 40.6 Å². The number of hydrogen-bond donors (Lipinski definition) is 1. The lowest BCUT2D eigenvalue weighted by molar-refractivity contribution is -0.135. The van der Waals surface area contributed by atoms with Gasteiger partial charge >= 0.3 is 0 Å². The van der Waals surface area contributed by atoms with Gasteiger partial charge in [0.1, 0.15) is 5.75 Å². The highest BCUT2D eigenvalue weighted by atomic mass is 16.5. The van der Waals surface area contributed by atoms with Crippen LogP contribution in [0.2, 0.25) is 0 Å². The number of ether oxygens (including phenoxy) is 1. The first kappa shape index (κ1) is 18.7. The van der Waals surface area contributed by atoms with E-state index in [1.54, 1.807) is 7.11 Å². The number of carbonyl (C=O) groups is 1. The number of H-pyrrole nitrogens is 1. The molecule has 4 nitrogen and oxygen atoms in total. The Balaban J connectivity index is 1.43. The van der Waals surface area contributed by atoms with Gasteiger partial charge in [-0.25, -0.2) is 0 Å². The molecule has 1 aliphatic rings. The predicted octanol–water partition coefficient (Wildman–Crippen LogP) is 5.58. The van der Waals surface area contributed by atoms with Crippen LogP contribution in [0, 0.1) is 0 Å². The van der Waals surface area contributed by atoms with Crippen LogP contribution in [0.15, 0.2) is 60.7 Å². The third-order valence-corrected chi connectivity index (χ3v) is 6.56. The monoisotopic (exact) mass is 398 g/mol. The fraction of sp³-hybridized carbons (Fsp3) is 0.269. The first-order chi connectivity index (χ1) is 14.6. The maximum absolute atomic E-state index is 13.5. The molecular formula is C26H26N2O2. The standard InChI is InChI=1S/C26H26N2O2/c1-16(18-8-9-20-15-21(30-3)11-10-19(20)14-18)26(29)28-13-12-23-22-6-4-5-7-24(22)27-25(23)17(28)2/h4-11,14-17,27H,12-13H2,1-3H3/t16-,17-/m0/s1. The molecule has 2 atom stereocenters. The number of rotatable bonds is 3. The van der Waals surface area contributed by atoms with Gasteiger partial charge in [-0.05, 0) is 60.4 Å². The van der Waals surface area contributed by atoms with Crippen LogP contribution < -0.4 is 4.74 Å². The second-order valence-electron chi connectivity index (χ2n) is 8.21. The number of para-hydroxylation sites is 1. The highest BCUT2D eigenvalue weighted by Crippen LogP contribution is 2.36. The predicted molar refractivity (Wildman–Crippen MR) is 121 cm³/mol. The Morgan fingerprint density at radius 2 is 1.87 bits per heavy atom. The molecule has 0 bridgehead atoms. The molecule has 4 heteroatoms. The van der Waals surface area contributed by atoms with Gasteiger partial charge in [0.25, 0.3) is 0 Å². The highest BCUT2D eigenvalue weighted by molar-refractivity contribution is 5.90. The Kier molecular flexibility index (Phi) is 4.50. The van der Waals surface area contributed by atoms with Gasteiger partial charge < -0.3 is 14.6 Å². The fourth-order valence-corrected chi connectivity index (χ4v) is 4.76. The molecule has 30 heavy (non-hydrogen) atoms. The van der Waals surface area contributed by atoms with Crippen molar-refractivity contribution in [3.63, 3.8) is 0 Å². The molecule has 0 saturated carbocycles. The summed E-state index contributed by atoms with van der Waals surface area (Å²) in [5, 5.41) is 3.52. The van der Waals surface area contributed by atoms with E-state index >= 15 is 0 Å². The van der Waals surface area contributed by atoms with Gasteiger partial charge in [0, 0.05) is 23.1 Å². The van der Waals surface area contributed by atoms with Gasteiger partial charge in [0.05, 0.1) is 19.1 Å². The lowest BCUT2D eigenvalue weighted by Gasteiger charge is -2.35. The van der Waals surface area contributed by atoms with Gasteiger partial charge in [0.15, 0.2) is 0 Å². The third-order valence-electron chi connectivity index (χ3n) is 6.56. The van der Waals surface area contributed by atoms with Crippen molar-refractivity contribution in [2.75, 3.05) is 13.7 Å². The summed E-state index contributed by atoms with van der Waals surface area (Å²) in [6.45, 7) is 4.90. The molecule has 1 aliphatic heterocycles. The summed E-state index contributed by atoms with van der Waals surface area (Å²) in [7, 11) is 1.68. The summed E-state index contributed by atoms with van der Waals surface area (Å²) >= 11 is 0. The van der Waals surface area contributed by atoms with Crippen LogP contribution in [-0.2, 0) is 11.2 Å². The number of nitrogens with one attached hydrogen (secondary N) is 1. The van der Waals surface area contributed by atoms with Crippen LogP contribution in [0.3, 0.4) is 0 Å². The molecule has 2 heterocycles. The number of aromatic amines is 1.